The maximum atomic E-state index is 13.4. The highest BCUT2D eigenvalue weighted by Crippen LogP contribution is 2.22. The Balaban J connectivity index is 1.54. The van der Waals surface area contributed by atoms with E-state index in [0.29, 0.717) is 36.5 Å². The molecule has 0 bridgehead atoms. The van der Waals surface area contributed by atoms with Gasteiger partial charge in [-0.1, -0.05) is 30.3 Å². The van der Waals surface area contributed by atoms with E-state index in [0.717, 1.165) is 18.5 Å². The average molecular weight is 393 g/mol. The predicted molar refractivity (Wildman–Crippen MR) is 110 cm³/mol. The summed E-state index contributed by atoms with van der Waals surface area (Å²) in [5.41, 5.74) is 2.81. The summed E-state index contributed by atoms with van der Waals surface area (Å²) >= 11 is 0. The molecule has 1 atom stereocenters. The monoisotopic (exact) mass is 393 g/mol. The van der Waals surface area contributed by atoms with Crippen LogP contribution < -0.4 is 5.32 Å². The molecule has 1 N–H and O–H groups in total. The van der Waals surface area contributed by atoms with E-state index >= 15 is 0 Å². The minimum Gasteiger partial charge on any atom is -0.379 e. The number of hydrogen-bond acceptors (Lipinski definition) is 4. The number of nitrogens with one attached hydrogen (secondary N) is 1. The predicted octanol–water partition coefficient (Wildman–Crippen LogP) is 3.49. The van der Waals surface area contributed by atoms with E-state index in [9.17, 15) is 9.18 Å². The topological polar surface area (TPSA) is 54.5 Å². The van der Waals surface area contributed by atoms with Crippen molar-refractivity contribution in [2.24, 2.45) is 0 Å². The fourth-order valence-electron chi connectivity index (χ4n) is 3.77. The average Bonchev–Trinajstić information content (AvgIpc) is 2.74. The Labute approximate surface area is 169 Å². The van der Waals surface area contributed by atoms with Gasteiger partial charge in [0.25, 0.3) is 5.91 Å². The molecule has 1 saturated heterocycles. The highest BCUT2D eigenvalue weighted by atomic mass is 19.1. The van der Waals surface area contributed by atoms with Gasteiger partial charge < -0.3 is 10.1 Å². The van der Waals surface area contributed by atoms with E-state index in [1.54, 1.807) is 19.1 Å². The number of morpholine rings is 1. The van der Waals surface area contributed by atoms with E-state index in [4.69, 9.17) is 4.74 Å². The number of fused-ring (bicyclic) bond motifs is 1. The van der Waals surface area contributed by atoms with Gasteiger partial charge in [-0.25, -0.2) is 4.39 Å². The third-order valence-corrected chi connectivity index (χ3v) is 5.34. The number of rotatable bonds is 5. The molecule has 0 radical (unpaired) electrons. The number of benzene rings is 2. The molecule has 2 heterocycles. The molecule has 4 rings (SSSR count). The van der Waals surface area contributed by atoms with Crippen LogP contribution in [0.2, 0.25) is 0 Å². The first-order valence-corrected chi connectivity index (χ1v) is 9.83. The molecule has 0 aliphatic carbocycles. The molecule has 3 aromatic rings. The minimum atomic E-state index is -0.335. The van der Waals surface area contributed by atoms with Crippen LogP contribution >= 0.6 is 0 Å². The number of carbonyl (C=O) groups excluding carboxylic acids is 1. The van der Waals surface area contributed by atoms with Gasteiger partial charge >= 0.3 is 0 Å². The van der Waals surface area contributed by atoms with Crippen LogP contribution in [0.15, 0.2) is 54.6 Å². The summed E-state index contributed by atoms with van der Waals surface area (Å²) in [7, 11) is 0. The van der Waals surface area contributed by atoms with Crippen molar-refractivity contribution in [1.29, 1.82) is 0 Å². The number of ether oxygens (including phenoxy) is 1. The fraction of sp³-hybridized carbons (Fsp3) is 0.304. The van der Waals surface area contributed by atoms with Crippen molar-refractivity contribution in [3.8, 4) is 0 Å². The Bertz CT molecular complexity index is 1000. The maximum absolute atomic E-state index is 13.4. The molecule has 1 unspecified atom stereocenters. The summed E-state index contributed by atoms with van der Waals surface area (Å²) in [6.07, 6.45) is 0. The fourth-order valence-corrected chi connectivity index (χ4v) is 3.77. The van der Waals surface area contributed by atoms with Crippen molar-refractivity contribution in [2.45, 2.75) is 13.0 Å². The van der Waals surface area contributed by atoms with Gasteiger partial charge in [0.1, 0.15) is 5.82 Å². The molecule has 1 aliphatic rings. The van der Waals surface area contributed by atoms with Crippen molar-refractivity contribution in [1.82, 2.24) is 15.2 Å². The summed E-state index contributed by atoms with van der Waals surface area (Å²) in [4.78, 5) is 19.7. The molecular formula is C23H24FN3O2. The summed E-state index contributed by atoms with van der Waals surface area (Å²) in [6.45, 7) is 5.32. The molecule has 1 amide bonds. The molecule has 5 nitrogen and oxygen atoms in total. The Kier molecular flexibility index (Phi) is 5.83. The maximum Gasteiger partial charge on any atom is 0.253 e. The van der Waals surface area contributed by atoms with E-state index in [1.807, 2.05) is 18.2 Å². The van der Waals surface area contributed by atoms with Crippen LogP contribution in [-0.2, 0) is 4.74 Å². The number of halogens is 1. The number of hydrogen-bond donors (Lipinski definition) is 1. The zero-order valence-corrected chi connectivity index (χ0v) is 16.4. The summed E-state index contributed by atoms with van der Waals surface area (Å²) in [6, 6.07) is 16.5. The summed E-state index contributed by atoms with van der Waals surface area (Å²) < 4.78 is 18.9. The second-order valence-electron chi connectivity index (χ2n) is 7.24. The van der Waals surface area contributed by atoms with Gasteiger partial charge in [-0.05, 0) is 30.7 Å². The number of pyridine rings is 1. The standard InChI is InChI=1S/C23H24FN3O2/c1-16-20(13-18-7-8-19(24)14-21(18)26-16)23(28)25-15-22(17-5-3-2-4-6-17)27-9-11-29-12-10-27/h2-8,13-14,22H,9-12,15H2,1H3,(H,25,28). The van der Waals surface area contributed by atoms with Crippen molar-refractivity contribution in [3.05, 3.63) is 77.2 Å². The van der Waals surface area contributed by atoms with Gasteiger partial charge in [0.15, 0.2) is 0 Å². The first-order valence-electron chi connectivity index (χ1n) is 9.83. The van der Waals surface area contributed by atoms with E-state index in [2.05, 4.69) is 27.3 Å². The van der Waals surface area contributed by atoms with Gasteiger partial charge in [-0.2, -0.15) is 0 Å². The SMILES string of the molecule is Cc1nc2cc(F)ccc2cc1C(=O)NCC(c1ccccc1)N1CCOCC1. The van der Waals surface area contributed by atoms with Crippen molar-refractivity contribution in [3.63, 3.8) is 0 Å². The van der Waals surface area contributed by atoms with Gasteiger partial charge in [-0.3, -0.25) is 14.7 Å². The number of aromatic nitrogens is 1. The van der Waals surface area contributed by atoms with Crippen molar-refractivity contribution >= 4 is 16.8 Å². The number of carbonyl (C=O) groups is 1. The molecule has 29 heavy (non-hydrogen) atoms. The third kappa shape index (κ3) is 4.44. The Morgan fingerprint density at radius 2 is 1.93 bits per heavy atom. The lowest BCUT2D eigenvalue weighted by atomic mass is 10.0. The second kappa shape index (κ2) is 8.68. The lowest BCUT2D eigenvalue weighted by molar-refractivity contribution is 0.0162. The molecule has 1 aromatic heterocycles. The quantitative estimate of drug-likeness (QED) is 0.721. The van der Waals surface area contributed by atoms with Crippen molar-refractivity contribution in [2.75, 3.05) is 32.8 Å². The number of aryl methyl sites for hydroxylation is 1. The van der Waals surface area contributed by atoms with Crippen LogP contribution in [0.3, 0.4) is 0 Å². The first kappa shape index (κ1) is 19.5. The second-order valence-corrected chi connectivity index (χ2v) is 7.24. The Morgan fingerprint density at radius 3 is 2.69 bits per heavy atom. The van der Waals surface area contributed by atoms with E-state index in [-0.39, 0.29) is 17.8 Å². The normalized spacial score (nSPS) is 15.9. The van der Waals surface area contributed by atoms with Crippen LogP contribution in [0.5, 0.6) is 0 Å². The molecular weight excluding hydrogens is 369 g/mol. The van der Waals surface area contributed by atoms with Crippen LogP contribution in [-0.4, -0.2) is 48.6 Å². The zero-order chi connectivity index (χ0) is 20.2. The van der Waals surface area contributed by atoms with Crippen LogP contribution in [0.25, 0.3) is 10.9 Å². The van der Waals surface area contributed by atoms with Gasteiger partial charge in [0.2, 0.25) is 0 Å². The van der Waals surface area contributed by atoms with Crippen LogP contribution in [0.1, 0.15) is 27.7 Å². The molecule has 6 heteroatoms. The lowest BCUT2D eigenvalue weighted by Gasteiger charge is -2.35. The molecule has 1 aliphatic heterocycles. The molecule has 0 saturated carbocycles. The number of nitrogens with zero attached hydrogens (tertiary/aromatic N) is 2. The molecule has 0 spiro atoms. The first-order chi connectivity index (χ1) is 14.1. The number of amides is 1. The lowest BCUT2D eigenvalue weighted by Crippen LogP contribution is -2.43. The Morgan fingerprint density at radius 1 is 1.17 bits per heavy atom. The smallest absolute Gasteiger partial charge is 0.253 e. The Hall–Kier alpha value is -2.83. The highest BCUT2D eigenvalue weighted by Gasteiger charge is 2.23. The van der Waals surface area contributed by atoms with E-state index in [1.165, 1.54) is 17.7 Å². The van der Waals surface area contributed by atoms with Crippen molar-refractivity contribution < 1.29 is 13.9 Å². The van der Waals surface area contributed by atoms with Gasteiger partial charge in [-0.15, -0.1) is 0 Å². The molecule has 1 fully saturated rings. The van der Waals surface area contributed by atoms with Gasteiger partial charge in [0, 0.05) is 31.1 Å². The molecule has 150 valence electrons. The minimum absolute atomic E-state index is 0.0758. The zero-order valence-electron chi connectivity index (χ0n) is 16.4. The highest BCUT2D eigenvalue weighted by molar-refractivity contribution is 5.98. The largest absolute Gasteiger partial charge is 0.379 e. The summed E-state index contributed by atoms with van der Waals surface area (Å²) in [5.74, 6) is -0.506. The van der Waals surface area contributed by atoms with Crippen LogP contribution in [0.4, 0.5) is 4.39 Å². The molecule has 2 aromatic carbocycles. The van der Waals surface area contributed by atoms with Gasteiger partial charge in [0.05, 0.1) is 36.0 Å². The van der Waals surface area contributed by atoms with E-state index < -0.39 is 0 Å². The summed E-state index contributed by atoms with van der Waals surface area (Å²) in [5, 5.41) is 3.82. The van der Waals surface area contributed by atoms with Crippen LogP contribution in [0, 0.1) is 12.7 Å². The third-order valence-electron chi connectivity index (χ3n) is 5.34.